The molecule has 1 heterocycles. The summed E-state index contributed by atoms with van der Waals surface area (Å²) in [5.74, 6) is -1.55. The number of amides is 1. The number of ether oxygens (including phenoxy) is 1. The molecular formula is C11H11NO5S. The zero-order valence-electron chi connectivity index (χ0n) is 9.60. The third kappa shape index (κ3) is 2.35. The van der Waals surface area contributed by atoms with Gasteiger partial charge in [-0.15, -0.1) is 0 Å². The molecule has 18 heavy (non-hydrogen) atoms. The monoisotopic (exact) mass is 269 g/mol. The van der Waals surface area contributed by atoms with E-state index in [1.807, 2.05) is 0 Å². The second-order valence-corrected chi connectivity index (χ2v) is 5.85. The molecule has 0 unspecified atom stereocenters. The molecule has 0 saturated heterocycles. The number of carbonyl (C=O) groups is 2. The first-order valence-corrected chi connectivity index (χ1v) is 6.80. The molecule has 6 nitrogen and oxygen atoms in total. The molecular weight excluding hydrogens is 258 g/mol. The molecule has 1 aliphatic heterocycles. The lowest BCUT2D eigenvalue weighted by molar-refractivity contribution is -0.139. The Bertz CT molecular complexity index is 620. The molecule has 0 fully saturated rings. The summed E-state index contributed by atoms with van der Waals surface area (Å²) in [7, 11) is -2.30. The summed E-state index contributed by atoms with van der Waals surface area (Å²) in [5, 5.41) is 2.48. The molecule has 1 N–H and O–H groups in total. The van der Waals surface area contributed by atoms with Gasteiger partial charge in [-0.25, -0.2) is 8.42 Å². The van der Waals surface area contributed by atoms with E-state index in [4.69, 9.17) is 0 Å². The Morgan fingerprint density at radius 1 is 1.44 bits per heavy atom. The number of fused-ring (bicyclic) bond motifs is 1. The van der Waals surface area contributed by atoms with Crippen LogP contribution in [0.1, 0.15) is 5.56 Å². The second-order valence-electron chi connectivity index (χ2n) is 3.89. The molecule has 0 radical (unpaired) electrons. The Balaban J connectivity index is 2.41. The van der Waals surface area contributed by atoms with Gasteiger partial charge >= 0.3 is 5.97 Å². The third-order valence-corrected chi connectivity index (χ3v) is 4.22. The largest absolute Gasteiger partial charge is 0.469 e. The number of methoxy groups -OCH3 is 1. The van der Waals surface area contributed by atoms with Crippen molar-refractivity contribution in [2.45, 2.75) is 11.3 Å². The molecule has 2 rings (SSSR count). The summed E-state index contributed by atoms with van der Waals surface area (Å²) in [6.45, 7) is 0. The highest BCUT2D eigenvalue weighted by atomic mass is 32.2. The van der Waals surface area contributed by atoms with Gasteiger partial charge in [0.1, 0.15) is 5.75 Å². The van der Waals surface area contributed by atoms with E-state index in [1.54, 1.807) is 0 Å². The van der Waals surface area contributed by atoms with Gasteiger partial charge in [0.2, 0.25) is 5.91 Å². The smallest absolute Gasteiger partial charge is 0.309 e. The van der Waals surface area contributed by atoms with E-state index in [0.717, 1.165) is 0 Å². The van der Waals surface area contributed by atoms with Crippen molar-refractivity contribution in [3.8, 4) is 0 Å². The third-order valence-electron chi connectivity index (χ3n) is 2.55. The van der Waals surface area contributed by atoms with Crippen LogP contribution < -0.4 is 5.32 Å². The van der Waals surface area contributed by atoms with Gasteiger partial charge < -0.3 is 10.1 Å². The number of hydrogen-bond acceptors (Lipinski definition) is 5. The van der Waals surface area contributed by atoms with Crippen molar-refractivity contribution in [1.82, 2.24) is 0 Å². The zero-order chi connectivity index (χ0) is 13.3. The van der Waals surface area contributed by atoms with E-state index < -0.39 is 27.5 Å². The molecule has 0 bridgehead atoms. The Morgan fingerprint density at radius 3 is 2.83 bits per heavy atom. The maximum absolute atomic E-state index is 11.7. The summed E-state index contributed by atoms with van der Waals surface area (Å²) in [5.41, 5.74) is 0.797. The number of nitrogens with one attached hydrogen (secondary N) is 1. The first-order chi connectivity index (χ1) is 8.42. The molecule has 1 aromatic carbocycles. The number of benzene rings is 1. The highest BCUT2D eigenvalue weighted by molar-refractivity contribution is 7.92. The summed E-state index contributed by atoms with van der Waals surface area (Å²) in [4.78, 5) is 22.4. The van der Waals surface area contributed by atoms with Crippen molar-refractivity contribution < 1.29 is 22.7 Å². The summed E-state index contributed by atoms with van der Waals surface area (Å²) >= 11 is 0. The normalized spacial score (nSPS) is 16.6. The molecule has 0 spiro atoms. The Morgan fingerprint density at radius 2 is 2.17 bits per heavy atom. The molecule has 0 saturated carbocycles. The number of sulfone groups is 1. The number of anilines is 1. The van der Waals surface area contributed by atoms with E-state index in [9.17, 15) is 18.0 Å². The van der Waals surface area contributed by atoms with E-state index >= 15 is 0 Å². The Labute approximate surface area is 104 Å². The molecule has 7 heteroatoms. The van der Waals surface area contributed by atoms with Crippen molar-refractivity contribution in [2.24, 2.45) is 0 Å². The van der Waals surface area contributed by atoms with E-state index in [-0.39, 0.29) is 17.0 Å². The van der Waals surface area contributed by atoms with E-state index in [1.165, 1.54) is 25.3 Å². The van der Waals surface area contributed by atoms with Crippen LogP contribution in [0.3, 0.4) is 0 Å². The van der Waals surface area contributed by atoms with Crippen LogP contribution in [0.5, 0.6) is 0 Å². The summed E-state index contributed by atoms with van der Waals surface area (Å²) in [6.07, 6.45) is 0.0275. The summed E-state index contributed by atoms with van der Waals surface area (Å²) < 4.78 is 28.0. The molecule has 1 amide bonds. The average molecular weight is 269 g/mol. The van der Waals surface area contributed by atoms with Crippen LogP contribution in [0.15, 0.2) is 23.1 Å². The molecule has 96 valence electrons. The first-order valence-electron chi connectivity index (χ1n) is 5.15. The van der Waals surface area contributed by atoms with Crippen LogP contribution >= 0.6 is 0 Å². The lowest BCUT2D eigenvalue weighted by Crippen LogP contribution is -2.29. The Hall–Kier alpha value is -1.89. The summed E-state index contributed by atoms with van der Waals surface area (Å²) in [6, 6.07) is 4.40. The quantitative estimate of drug-likeness (QED) is 0.771. The standard InChI is InChI=1S/C11H11NO5S/c1-17-11(14)5-7-2-3-9-8(4-7)12-10(13)6-18(9,15)16/h2-4H,5-6H2,1H3,(H,12,13). The van der Waals surface area contributed by atoms with Gasteiger partial charge in [0.05, 0.1) is 24.1 Å². The Kier molecular flexibility index (Phi) is 3.08. The molecule has 1 aliphatic rings. The van der Waals surface area contributed by atoms with Crippen LogP contribution in [0.2, 0.25) is 0 Å². The van der Waals surface area contributed by atoms with Crippen LogP contribution in [0, 0.1) is 0 Å². The maximum atomic E-state index is 11.7. The fourth-order valence-corrected chi connectivity index (χ4v) is 3.02. The van der Waals surface area contributed by atoms with Crippen LogP contribution in [-0.4, -0.2) is 33.2 Å². The van der Waals surface area contributed by atoms with Gasteiger partial charge in [0.15, 0.2) is 9.84 Å². The van der Waals surface area contributed by atoms with Gasteiger partial charge in [0, 0.05) is 0 Å². The first kappa shape index (κ1) is 12.6. The van der Waals surface area contributed by atoms with Crippen molar-refractivity contribution in [1.29, 1.82) is 0 Å². The van der Waals surface area contributed by atoms with Crippen LogP contribution in [-0.2, 0) is 30.6 Å². The number of rotatable bonds is 2. The van der Waals surface area contributed by atoms with Crippen LogP contribution in [0.25, 0.3) is 0 Å². The fraction of sp³-hybridized carbons (Fsp3) is 0.273. The highest BCUT2D eigenvalue weighted by Crippen LogP contribution is 2.27. The topological polar surface area (TPSA) is 89.5 Å². The van der Waals surface area contributed by atoms with Crippen molar-refractivity contribution in [2.75, 3.05) is 18.2 Å². The fourth-order valence-electron chi connectivity index (χ4n) is 1.73. The SMILES string of the molecule is COC(=O)Cc1ccc2c(c1)NC(=O)CS2(=O)=O. The highest BCUT2D eigenvalue weighted by Gasteiger charge is 2.28. The van der Waals surface area contributed by atoms with Gasteiger partial charge in [-0.1, -0.05) is 6.07 Å². The van der Waals surface area contributed by atoms with Crippen LogP contribution in [0.4, 0.5) is 5.69 Å². The predicted molar refractivity (Wildman–Crippen MR) is 62.8 cm³/mol. The maximum Gasteiger partial charge on any atom is 0.309 e. The van der Waals surface area contributed by atoms with Gasteiger partial charge in [-0.05, 0) is 17.7 Å². The average Bonchev–Trinajstić information content (AvgIpc) is 2.26. The van der Waals surface area contributed by atoms with Gasteiger partial charge in [0.25, 0.3) is 0 Å². The lowest BCUT2D eigenvalue weighted by Gasteiger charge is -2.17. The molecule has 0 aliphatic carbocycles. The number of carbonyl (C=O) groups excluding carboxylic acids is 2. The van der Waals surface area contributed by atoms with Crippen molar-refractivity contribution >= 4 is 27.4 Å². The van der Waals surface area contributed by atoms with Gasteiger partial charge in [-0.3, -0.25) is 9.59 Å². The van der Waals surface area contributed by atoms with E-state index in [0.29, 0.717) is 5.56 Å². The predicted octanol–water partition coefficient (Wildman–Crippen LogP) is 0.128. The molecule has 1 aromatic rings. The molecule has 0 atom stereocenters. The minimum absolute atomic E-state index is 0.0275. The molecule has 0 aromatic heterocycles. The van der Waals surface area contributed by atoms with Crippen molar-refractivity contribution in [3.05, 3.63) is 23.8 Å². The zero-order valence-corrected chi connectivity index (χ0v) is 10.4. The van der Waals surface area contributed by atoms with Gasteiger partial charge in [-0.2, -0.15) is 0 Å². The van der Waals surface area contributed by atoms with Crippen molar-refractivity contribution in [3.63, 3.8) is 0 Å². The lowest BCUT2D eigenvalue weighted by atomic mass is 10.1. The number of hydrogen-bond donors (Lipinski definition) is 1. The number of esters is 1. The minimum atomic E-state index is -3.57. The minimum Gasteiger partial charge on any atom is -0.469 e. The van der Waals surface area contributed by atoms with E-state index in [2.05, 4.69) is 10.1 Å². The second kappa shape index (κ2) is 4.41.